The zero-order valence-electron chi connectivity index (χ0n) is 17.2. The lowest BCUT2D eigenvalue weighted by Crippen LogP contribution is -2.39. The summed E-state index contributed by atoms with van der Waals surface area (Å²) in [5.41, 5.74) is 1.44. The van der Waals surface area contributed by atoms with Gasteiger partial charge in [0.25, 0.3) is 5.91 Å². The number of morpholine rings is 1. The minimum atomic E-state index is -0.338. The minimum Gasteiger partial charge on any atom is -0.379 e. The first-order valence-corrected chi connectivity index (χ1v) is 11.2. The first-order valence-electron chi connectivity index (χ1n) is 10.4. The van der Waals surface area contributed by atoms with E-state index in [0.29, 0.717) is 28.5 Å². The van der Waals surface area contributed by atoms with Crippen molar-refractivity contribution in [3.05, 3.63) is 71.2 Å². The van der Waals surface area contributed by atoms with Crippen LogP contribution in [0.15, 0.2) is 55.0 Å². The summed E-state index contributed by atoms with van der Waals surface area (Å²) in [6.07, 6.45) is 5.88. The number of aromatic nitrogens is 2. The third kappa shape index (κ3) is 5.72. The van der Waals surface area contributed by atoms with E-state index in [2.05, 4.69) is 14.9 Å². The van der Waals surface area contributed by atoms with Crippen molar-refractivity contribution < 1.29 is 13.9 Å². The van der Waals surface area contributed by atoms with Crippen molar-refractivity contribution in [1.29, 1.82) is 0 Å². The molecular weight excluding hydrogens is 415 g/mol. The Morgan fingerprint density at radius 1 is 1.16 bits per heavy atom. The molecule has 0 aliphatic carbocycles. The van der Waals surface area contributed by atoms with Gasteiger partial charge in [0.2, 0.25) is 0 Å². The standard InChI is InChI=1S/C23H25FN4O2S/c24-20-5-2-1-4-19(20)22-26-16-21(31-22)23(29)28(17-18-6-8-25-9-7-18)11-3-10-27-12-14-30-15-13-27/h1-2,4-9,16H,3,10-15,17H2. The molecule has 0 unspecified atom stereocenters. The van der Waals surface area contributed by atoms with E-state index in [1.54, 1.807) is 36.8 Å². The van der Waals surface area contributed by atoms with Crippen LogP contribution in [-0.4, -0.2) is 65.1 Å². The number of hydrogen-bond donors (Lipinski definition) is 0. The molecule has 6 nitrogen and oxygen atoms in total. The van der Waals surface area contributed by atoms with E-state index in [1.807, 2.05) is 17.0 Å². The smallest absolute Gasteiger partial charge is 0.265 e. The van der Waals surface area contributed by atoms with E-state index in [4.69, 9.17) is 4.74 Å². The number of halogens is 1. The highest BCUT2D eigenvalue weighted by Gasteiger charge is 2.21. The number of benzene rings is 1. The Kier molecular flexibility index (Phi) is 7.35. The average molecular weight is 441 g/mol. The molecule has 2 aromatic heterocycles. The fourth-order valence-corrected chi connectivity index (χ4v) is 4.47. The second kappa shape index (κ2) is 10.6. The molecule has 1 fully saturated rings. The number of nitrogens with zero attached hydrogens (tertiary/aromatic N) is 4. The molecule has 0 atom stereocenters. The Morgan fingerprint density at radius 2 is 1.94 bits per heavy atom. The van der Waals surface area contributed by atoms with Crippen molar-refractivity contribution in [2.75, 3.05) is 39.4 Å². The summed E-state index contributed by atoms with van der Waals surface area (Å²) >= 11 is 1.23. The van der Waals surface area contributed by atoms with E-state index >= 15 is 0 Å². The Hall–Kier alpha value is -2.68. The fourth-order valence-electron chi connectivity index (χ4n) is 3.56. The largest absolute Gasteiger partial charge is 0.379 e. The molecule has 162 valence electrons. The van der Waals surface area contributed by atoms with Gasteiger partial charge in [-0.1, -0.05) is 12.1 Å². The molecule has 0 radical (unpaired) electrons. The molecule has 31 heavy (non-hydrogen) atoms. The number of hydrogen-bond acceptors (Lipinski definition) is 6. The van der Waals surface area contributed by atoms with Gasteiger partial charge < -0.3 is 9.64 Å². The average Bonchev–Trinajstić information content (AvgIpc) is 3.30. The number of carbonyl (C=O) groups is 1. The lowest BCUT2D eigenvalue weighted by Gasteiger charge is -2.28. The molecule has 0 saturated carbocycles. The minimum absolute atomic E-state index is 0.0844. The fraction of sp³-hybridized carbons (Fsp3) is 0.348. The number of rotatable bonds is 8. The van der Waals surface area contributed by atoms with Crippen molar-refractivity contribution in [2.24, 2.45) is 0 Å². The third-order valence-corrected chi connectivity index (χ3v) is 6.26. The Balaban J connectivity index is 1.47. The van der Waals surface area contributed by atoms with Crippen LogP contribution in [0.2, 0.25) is 0 Å². The maximum Gasteiger partial charge on any atom is 0.265 e. The van der Waals surface area contributed by atoms with Gasteiger partial charge in [-0.3, -0.25) is 14.7 Å². The molecule has 8 heteroatoms. The Labute approximate surface area is 185 Å². The van der Waals surface area contributed by atoms with E-state index in [0.717, 1.165) is 44.8 Å². The van der Waals surface area contributed by atoms with Gasteiger partial charge in [-0.05, 0) is 36.2 Å². The van der Waals surface area contributed by atoms with Gasteiger partial charge in [-0.25, -0.2) is 9.37 Å². The highest BCUT2D eigenvalue weighted by molar-refractivity contribution is 7.16. The number of pyridine rings is 1. The molecule has 0 N–H and O–H groups in total. The van der Waals surface area contributed by atoms with Crippen LogP contribution < -0.4 is 0 Å². The molecule has 1 aromatic carbocycles. The number of thiazole rings is 1. The normalized spacial score (nSPS) is 14.5. The SMILES string of the molecule is O=C(c1cnc(-c2ccccc2F)s1)N(CCCN1CCOCC1)Cc1ccncc1. The van der Waals surface area contributed by atoms with Crippen LogP contribution in [0.1, 0.15) is 21.7 Å². The van der Waals surface area contributed by atoms with Crippen LogP contribution in [0, 0.1) is 5.82 Å². The van der Waals surface area contributed by atoms with Gasteiger partial charge in [0.1, 0.15) is 15.7 Å². The quantitative estimate of drug-likeness (QED) is 0.535. The van der Waals surface area contributed by atoms with Crippen molar-refractivity contribution in [1.82, 2.24) is 19.8 Å². The van der Waals surface area contributed by atoms with Gasteiger partial charge in [0.05, 0.1) is 19.4 Å². The summed E-state index contributed by atoms with van der Waals surface area (Å²) in [5, 5.41) is 0.513. The topological polar surface area (TPSA) is 58.6 Å². The Morgan fingerprint density at radius 3 is 2.71 bits per heavy atom. The van der Waals surface area contributed by atoms with Gasteiger partial charge >= 0.3 is 0 Å². The van der Waals surface area contributed by atoms with Crippen LogP contribution in [0.4, 0.5) is 4.39 Å². The zero-order chi connectivity index (χ0) is 21.5. The maximum absolute atomic E-state index is 14.1. The highest BCUT2D eigenvalue weighted by Crippen LogP contribution is 2.28. The highest BCUT2D eigenvalue weighted by atomic mass is 32.1. The number of carbonyl (C=O) groups excluding carboxylic acids is 1. The first kappa shape index (κ1) is 21.5. The second-order valence-electron chi connectivity index (χ2n) is 7.40. The molecule has 1 amide bonds. The summed E-state index contributed by atoms with van der Waals surface area (Å²) in [6, 6.07) is 10.3. The predicted molar refractivity (Wildman–Crippen MR) is 118 cm³/mol. The summed E-state index contributed by atoms with van der Waals surface area (Å²) in [6.45, 7) is 5.44. The van der Waals surface area contributed by atoms with Crippen LogP contribution in [0.25, 0.3) is 10.6 Å². The summed E-state index contributed by atoms with van der Waals surface area (Å²) < 4.78 is 19.5. The lowest BCUT2D eigenvalue weighted by atomic mass is 10.2. The maximum atomic E-state index is 14.1. The van der Waals surface area contributed by atoms with Gasteiger partial charge in [0.15, 0.2) is 0 Å². The molecular formula is C23H25FN4O2S. The Bertz CT molecular complexity index is 992. The lowest BCUT2D eigenvalue weighted by molar-refractivity contribution is 0.0356. The first-order chi connectivity index (χ1) is 15.2. The molecule has 1 aliphatic rings. The van der Waals surface area contributed by atoms with Crippen LogP contribution in [0.5, 0.6) is 0 Å². The van der Waals surface area contributed by atoms with E-state index in [1.165, 1.54) is 17.4 Å². The van der Waals surface area contributed by atoms with Crippen molar-refractivity contribution in [3.63, 3.8) is 0 Å². The summed E-state index contributed by atoms with van der Waals surface area (Å²) in [4.78, 5) is 26.4. The van der Waals surface area contributed by atoms with Gasteiger partial charge in [-0.2, -0.15) is 0 Å². The molecule has 1 aliphatic heterocycles. The van der Waals surface area contributed by atoms with E-state index in [-0.39, 0.29) is 11.7 Å². The molecule has 0 spiro atoms. The van der Waals surface area contributed by atoms with Crippen molar-refractivity contribution >= 4 is 17.2 Å². The van der Waals surface area contributed by atoms with Crippen molar-refractivity contribution in [2.45, 2.75) is 13.0 Å². The van der Waals surface area contributed by atoms with Gasteiger partial charge in [-0.15, -0.1) is 11.3 Å². The predicted octanol–water partition coefficient (Wildman–Crippen LogP) is 3.71. The van der Waals surface area contributed by atoms with Gasteiger partial charge in [0, 0.05) is 50.7 Å². The summed E-state index contributed by atoms with van der Waals surface area (Å²) in [5.74, 6) is -0.422. The molecule has 3 aromatic rings. The zero-order valence-corrected chi connectivity index (χ0v) is 18.1. The molecule has 0 bridgehead atoms. The van der Waals surface area contributed by atoms with E-state index < -0.39 is 0 Å². The second-order valence-corrected chi connectivity index (χ2v) is 8.43. The van der Waals surface area contributed by atoms with E-state index in [9.17, 15) is 9.18 Å². The molecule has 3 heterocycles. The summed E-state index contributed by atoms with van der Waals surface area (Å²) in [7, 11) is 0. The number of amides is 1. The van der Waals surface area contributed by atoms with Crippen LogP contribution in [-0.2, 0) is 11.3 Å². The molecule has 4 rings (SSSR count). The molecule has 1 saturated heterocycles. The van der Waals surface area contributed by atoms with Crippen LogP contribution >= 0.6 is 11.3 Å². The van der Waals surface area contributed by atoms with Crippen LogP contribution in [0.3, 0.4) is 0 Å². The van der Waals surface area contributed by atoms with Crippen molar-refractivity contribution in [3.8, 4) is 10.6 Å². The monoisotopic (exact) mass is 440 g/mol. The third-order valence-electron chi connectivity index (χ3n) is 5.24. The number of ether oxygens (including phenoxy) is 1.